The van der Waals surface area contributed by atoms with Gasteiger partial charge in [-0.1, -0.05) is 0 Å². The Morgan fingerprint density at radius 1 is 1.39 bits per heavy atom. The zero-order chi connectivity index (χ0) is 16.3. The second-order valence-corrected chi connectivity index (χ2v) is 6.48. The van der Waals surface area contributed by atoms with E-state index in [1.807, 2.05) is 14.1 Å². The Morgan fingerprint density at radius 2 is 2.17 bits per heavy atom. The maximum atomic E-state index is 12.6. The number of rotatable bonds is 5. The van der Waals surface area contributed by atoms with Gasteiger partial charge in [0.1, 0.15) is 6.10 Å². The highest BCUT2D eigenvalue weighted by molar-refractivity contribution is 5.93. The Balaban J connectivity index is 1.66. The molecule has 1 amide bonds. The summed E-state index contributed by atoms with van der Waals surface area (Å²) in [5.74, 6) is 0.350. The van der Waals surface area contributed by atoms with Crippen molar-refractivity contribution in [2.75, 3.05) is 40.5 Å². The average molecular weight is 323 g/mol. The first-order valence-electron chi connectivity index (χ1n) is 8.21. The smallest absolute Gasteiger partial charge is 0.273 e. The van der Waals surface area contributed by atoms with Crippen LogP contribution in [-0.4, -0.2) is 61.8 Å². The van der Waals surface area contributed by atoms with Crippen LogP contribution in [0.5, 0.6) is 0 Å². The molecule has 3 rings (SSSR count). The number of aromatic nitrogens is 1. The van der Waals surface area contributed by atoms with Crippen LogP contribution in [0.15, 0.2) is 10.8 Å². The van der Waals surface area contributed by atoms with Crippen LogP contribution in [0.1, 0.15) is 48.0 Å². The summed E-state index contributed by atoms with van der Waals surface area (Å²) in [5, 5.41) is 3.03. The molecule has 23 heavy (non-hydrogen) atoms. The summed E-state index contributed by atoms with van der Waals surface area (Å²) in [5.41, 5.74) is 0.277. The van der Waals surface area contributed by atoms with Crippen molar-refractivity contribution in [3.05, 3.63) is 17.8 Å². The number of nitrogens with zero attached hydrogens (tertiary/aromatic N) is 2. The van der Waals surface area contributed by atoms with Crippen LogP contribution < -0.4 is 5.32 Å². The van der Waals surface area contributed by atoms with Crippen molar-refractivity contribution in [1.29, 1.82) is 0 Å². The molecule has 2 aliphatic heterocycles. The Kier molecular flexibility index (Phi) is 4.99. The number of ether oxygens (including phenoxy) is 2. The molecule has 2 fully saturated rings. The van der Waals surface area contributed by atoms with E-state index in [1.54, 1.807) is 0 Å². The zero-order valence-corrected chi connectivity index (χ0v) is 13.8. The SMILES string of the molecule is CN(C)C1(CNC(=O)c2ncoc2C2CCCO2)CCOCC1. The number of likely N-dealkylation sites (N-methyl/N-ethyl adjacent to an activating group) is 1. The summed E-state index contributed by atoms with van der Waals surface area (Å²) in [6, 6.07) is 0. The molecule has 128 valence electrons. The molecule has 0 radical (unpaired) electrons. The van der Waals surface area contributed by atoms with Gasteiger partial charge in [0.25, 0.3) is 5.91 Å². The zero-order valence-electron chi connectivity index (χ0n) is 13.8. The molecule has 0 bridgehead atoms. The average Bonchev–Trinajstić information content (AvgIpc) is 3.23. The lowest BCUT2D eigenvalue weighted by Crippen LogP contribution is -2.55. The molecule has 1 atom stereocenters. The Labute approximate surface area is 136 Å². The van der Waals surface area contributed by atoms with Gasteiger partial charge in [0.2, 0.25) is 0 Å². The van der Waals surface area contributed by atoms with Crippen molar-refractivity contribution in [2.24, 2.45) is 0 Å². The first-order chi connectivity index (χ1) is 11.1. The van der Waals surface area contributed by atoms with Crippen LogP contribution in [0.25, 0.3) is 0 Å². The van der Waals surface area contributed by atoms with Gasteiger partial charge in [-0.05, 0) is 39.8 Å². The number of amides is 1. The second-order valence-electron chi connectivity index (χ2n) is 6.48. The van der Waals surface area contributed by atoms with E-state index >= 15 is 0 Å². The van der Waals surface area contributed by atoms with Gasteiger partial charge in [0.05, 0.1) is 0 Å². The minimum Gasteiger partial charge on any atom is -0.445 e. The summed E-state index contributed by atoms with van der Waals surface area (Å²) in [7, 11) is 4.09. The van der Waals surface area contributed by atoms with E-state index in [-0.39, 0.29) is 17.6 Å². The van der Waals surface area contributed by atoms with E-state index < -0.39 is 0 Å². The predicted molar refractivity (Wildman–Crippen MR) is 83.2 cm³/mol. The Morgan fingerprint density at radius 3 is 2.83 bits per heavy atom. The fourth-order valence-electron chi connectivity index (χ4n) is 3.30. The highest BCUT2D eigenvalue weighted by atomic mass is 16.5. The maximum Gasteiger partial charge on any atom is 0.273 e. The van der Waals surface area contributed by atoms with Crippen molar-refractivity contribution in [3.63, 3.8) is 0 Å². The lowest BCUT2D eigenvalue weighted by Gasteiger charge is -2.42. The third kappa shape index (κ3) is 3.41. The second kappa shape index (κ2) is 6.98. The maximum absolute atomic E-state index is 12.6. The van der Waals surface area contributed by atoms with E-state index in [0.29, 0.717) is 24.6 Å². The molecule has 0 saturated carbocycles. The summed E-state index contributed by atoms with van der Waals surface area (Å²) < 4.78 is 16.5. The third-order valence-corrected chi connectivity index (χ3v) is 4.98. The molecular weight excluding hydrogens is 298 g/mol. The molecule has 1 aromatic heterocycles. The third-order valence-electron chi connectivity index (χ3n) is 4.98. The van der Waals surface area contributed by atoms with Gasteiger partial charge in [-0.3, -0.25) is 4.79 Å². The van der Waals surface area contributed by atoms with Gasteiger partial charge >= 0.3 is 0 Å². The Bertz CT molecular complexity index is 531. The number of nitrogens with one attached hydrogen (secondary N) is 1. The van der Waals surface area contributed by atoms with E-state index in [0.717, 1.165) is 38.9 Å². The van der Waals surface area contributed by atoms with Gasteiger partial charge < -0.3 is 24.1 Å². The summed E-state index contributed by atoms with van der Waals surface area (Å²) in [4.78, 5) is 18.8. The number of hydrogen-bond donors (Lipinski definition) is 1. The quantitative estimate of drug-likeness (QED) is 0.882. The number of carbonyl (C=O) groups is 1. The predicted octanol–water partition coefficient (Wildman–Crippen LogP) is 1.37. The summed E-state index contributed by atoms with van der Waals surface area (Å²) in [6.07, 6.45) is 4.83. The highest BCUT2D eigenvalue weighted by Crippen LogP contribution is 2.30. The van der Waals surface area contributed by atoms with E-state index in [2.05, 4.69) is 15.2 Å². The minimum absolute atomic E-state index is 0.0678. The molecule has 2 aliphatic rings. The fourth-order valence-corrected chi connectivity index (χ4v) is 3.30. The van der Waals surface area contributed by atoms with Crippen LogP contribution in [0.2, 0.25) is 0 Å². The van der Waals surface area contributed by atoms with Crippen LogP contribution in [0.3, 0.4) is 0 Å². The van der Waals surface area contributed by atoms with Gasteiger partial charge in [0, 0.05) is 31.9 Å². The fraction of sp³-hybridized carbons (Fsp3) is 0.750. The van der Waals surface area contributed by atoms with Crippen molar-refractivity contribution >= 4 is 5.91 Å². The normalized spacial score (nSPS) is 24.0. The van der Waals surface area contributed by atoms with Gasteiger partial charge in [-0.2, -0.15) is 0 Å². The van der Waals surface area contributed by atoms with E-state index in [9.17, 15) is 4.79 Å². The summed E-state index contributed by atoms with van der Waals surface area (Å²) >= 11 is 0. The number of oxazole rings is 1. The first kappa shape index (κ1) is 16.4. The van der Waals surface area contributed by atoms with E-state index in [4.69, 9.17) is 13.9 Å². The van der Waals surface area contributed by atoms with Crippen LogP contribution in [0.4, 0.5) is 0 Å². The largest absolute Gasteiger partial charge is 0.445 e. The molecule has 1 N–H and O–H groups in total. The topological polar surface area (TPSA) is 76.8 Å². The number of hydrogen-bond acceptors (Lipinski definition) is 6. The molecule has 0 spiro atoms. The van der Waals surface area contributed by atoms with Gasteiger partial charge in [-0.15, -0.1) is 0 Å². The van der Waals surface area contributed by atoms with E-state index in [1.165, 1.54) is 6.39 Å². The molecule has 3 heterocycles. The van der Waals surface area contributed by atoms with Crippen molar-refractivity contribution in [1.82, 2.24) is 15.2 Å². The molecule has 7 heteroatoms. The molecule has 1 aromatic rings. The Hall–Kier alpha value is -1.44. The lowest BCUT2D eigenvalue weighted by atomic mass is 9.88. The van der Waals surface area contributed by atoms with Crippen molar-refractivity contribution in [2.45, 2.75) is 37.3 Å². The monoisotopic (exact) mass is 323 g/mol. The molecular formula is C16H25N3O4. The van der Waals surface area contributed by atoms with Crippen molar-refractivity contribution < 1.29 is 18.7 Å². The molecule has 0 aliphatic carbocycles. The number of carbonyl (C=O) groups excluding carboxylic acids is 1. The summed E-state index contributed by atoms with van der Waals surface area (Å²) in [6.45, 7) is 2.72. The van der Waals surface area contributed by atoms with Crippen LogP contribution in [-0.2, 0) is 9.47 Å². The standard InChI is InChI=1S/C16H25N3O4/c1-19(2)16(5-8-21-9-6-16)10-17-15(20)13-14(23-11-18-13)12-4-3-7-22-12/h11-12H,3-10H2,1-2H3,(H,17,20). The molecule has 1 unspecified atom stereocenters. The lowest BCUT2D eigenvalue weighted by molar-refractivity contribution is -0.00663. The van der Waals surface area contributed by atoms with Gasteiger partial charge in [0.15, 0.2) is 17.8 Å². The molecule has 7 nitrogen and oxygen atoms in total. The molecule has 2 saturated heterocycles. The van der Waals surface area contributed by atoms with Crippen molar-refractivity contribution in [3.8, 4) is 0 Å². The molecule has 0 aromatic carbocycles. The van der Waals surface area contributed by atoms with Crippen LogP contribution >= 0.6 is 0 Å². The van der Waals surface area contributed by atoms with Crippen LogP contribution in [0, 0.1) is 0 Å². The first-order valence-corrected chi connectivity index (χ1v) is 8.21. The highest BCUT2D eigenvalue weighted by Gasteiger charge is 2.36. The van der Waals surface area contributed by atoms with Gasteiger partial charge in [-0.25, -0.2) is 4.98 Å². The minimum atomic E-state index is -0.197.